The molecule has 1 aromatic rings. The smallest absolute Gasteiger partial charge is 0.180 e. The summed E-state index contributed by atoms with van der Waals surface area (Å²) in [6.45, 7) is 22.9. The second-order valence-corrected chi connectivity index (χ2v) is 12.1. The van der Waals surface area contributed by atoms with Crippen LogP contribution < -0.4 is 0 Å². The number of aliphatic hydroxyl groups is 1. The fourth-order valence-corrected chi connectivity index (χ4v) is 7.72. The molecule has 182 valence electrons. The number of carbonyl (C=O) groups is 2. The van der Waals surface area contributed by atoms with Gasteiger partial charge in [0.2, 0.25) is 0 Å². The molecule has 3 heteroatoms. The van der Waals surface area contributed by atoms with Gasteiger partial charge in [-0.2, -0.15) is 0 Å². The average Bonchev–Trinajstić information content (AvgIpc) is 2.70. The number of carbonyl (C=O) groups excluding carboxylic acids is 2. The van der Waals surface area contributed by atoms with Crippen molar-refractivity contribution < 1.29 is 14.7 Å². The molecule has 3 aliphatic rings. The van der Waals surface area contributed by atoms with E-state index in [1.807, 2.05) is 13.8 Å². The Hall–Kier alpha value is -2.42. The Morgan fingerprint density at radius 1 is 1.18 bits per heavy atom. The van der Waals surface area contributed by atoms with Crippen molar-refractivity contribution in [3.63, 3.8) is 0 Å². The zero-order valence-electron chi connectivity index (χ0n) is 22.5. The molecule has 4 rings (SSSR count). The van der Waals surface area contributed by atoms with Gasteiger partial charge in [0.15, 0.2) is 11.6 Å². The minimum Gasteiger partial charge on any atom is -0.511 e. The Kier molecular flexibility index (Phi) is 5.48. The van der Waals surface area contributed by atoms with Gasteiger partial charge in [-0.1, -0.05) is 52.8 Å². The molecule has 1 aromatic carbocycles. The summed E-state index contributed by atoms with van der Waals surface area (Å²) in [6.07, 6.45) is 3.14. The number of hydrogen-bond acceptors (Lipinski definition) is 3. The first kappa shape index (κ1) is 24.7. The highest BCUT2D eigenvalue weighted by Gasteiger charge is 2.64. The van der Waals surface area contributed by atoms with Crippen LogP contribution in [0.1, 0.15) is 102 Å². The lowest BCUT2D eigenvalue weighted by Crippen LogP contribution is -2.56. The van der Waals surface area contributed by atoms with E-state index in [1.54, 1.807) is 0 Å². The number of ketones is 2. The van der Waals surface area contributed by atoms with Crippen molar-refractivity contribution in [2.75, 3.05) is 0 Å². The van der Waals surface area contributed by atoms with Gasteiger partial charge >= 0.3 is 0 Å². The number of rotatable bonds is 3. The first-order chi connectivity index (χ1) is 15.6. The molecular formula is C31H40O3. The molecule has 0 fully saturated rings. The molecule has 0 unspecified atom stereocenters. The first-order valence-corrected chi connectivity index (χ1v) is 12.7. The van der Waals surface area contributed by atoms with E-state index in [-0.39, 0.29) is 28.3 Å². The summed E-state index contributed by atoms with van der Waals surface area (Å²) in [5.41, 5.74) is 7.23. The van der Waals surface area contributed by atoms with Crippen LogP contribution in [-0.2, 0) is 22.4 Å². The monoisotopic (exact) mass is 460 g/mol. The first-order valence-electron chi connectivity index (χ1n) is 12.7. The van der Waals surface area contributed by atoms with Crippen molar-refractivity contribution in [1.29, 1.82) is 0 Å². The van der Waals surface area contributed by atoms with Crippen molar-refractivity contribution in [1.82, 2.24) is 0 Å². The molecule has 1 N–H and O–H groups in total. The van der Waals surface area contributed by atoms with Gasteiger partial charge in [0.25, 0.3) is 0 Å². The van der Waals surface area contributed by atoms with E-state index in [0.29, 0.717) is 12.3 Å². The number of aryl methyl sites for hydroxylation is 1. The minimum atomic E-state index is -1.14. The molecule has 0 saturated heterocycles. The zero-order valence-corrected chi connectivity index (χ0v) is 22.5. The second-order valence-electron chi connectivity index (χ2n) is 12.1. The molecule has 34 heavy (non-hydrogen) atoms. The second kappa shape index (κ2) is 7.54. The molecule has 0 saturated carbocycles. The van der Waals surface area contributed by atoms with E-state index in [2.05, 4.69) is 54.2 Å². The molecule has 0 aliphatic heterocycles. The third-order valence-corrected chi connectivity index (χ3v) is 9.43. The van der Waals surface area contributed by atoms with Crippen LogP contribution in [0.25, 0.3) is 5.57 Å². The highest BCUT2D eigenvalue weighted by Crippen LogP contribution is 2.67. The normalized spacial score (nSPS) is 31.0. The molecular weight excluding hydrogens is 420 g/mol. The number of hydrogen-bond donors (Lipinski definition) is 1. The van der Waals surface area contributed by atoms with E-state index in [4.69, 9.17) is 0 Å². The molecule has 3 nitrogen and oxygen atoms in total. The van der Waals surface area contributed by atoms with E-state index in [9.17, 15) is 14.7 Å². The highest BCUT2D eigenvalue weighted by molar-refractivity contribution is 6.23. The van der Waals surface area contributed by atoms with Gasteiger partial charge < -0.3 is 5.11 Å². The Balaban J connectivity index is 2.05. The maximum absolute atomic E-state index is 13.9. The maximum atomic E-state index is 13.9. The van der Waals surface area contributed by atoms with Gasteiger partial charge in [-0.25, -0.2) is 0 Å². The van der Waals surface area contributed by atoms with Gasteiger partial charge in [0.05, 0.1) is 11.0 Å². The minimum absolute atomic E-state index is 0.128. The highest BCUT2D eigenvalue weighted by atomic mass is 16.3. The molecule has 3 atom stereocenters. The Labute approximate surface area is 205 Å². The molecule has 0 aromatic heterocycles. The Morgan fingerprint density at radius 2 is 1.79 bits per heavy atom. The third-order valence-electron chi connectivity index (χ3n) is 9.43. The molecule has 0 radical (unpaired) electrons. The predicted molar refractivity (Wildman–Crippen MR) is 139 cm³/mol. The molecule has 0 amide bonds. The number of fused-ring (bicyclic) bond motifs is 3. The lowest BCUT2D eigenvalue weighted by molar-refractivity contribution is -0.137. The summed E-state index contributed by atoms with van der Waals surface area (Å²) in [6, 6.07) is 2.37. The predicted octanol–water partition coefficient (Wildman–Crippen LogP) is 7.36. The van der Waals surface area contributed by atoms with Crippen molar-refractivity contribution in [2.24, 2.45) is 16.2 Å². The van der Waals surface area contributed by atoms with Gasteiger partial charge in [0.1, 0.15) is 5.76 Å². The fourth-order valence-electron chi connectivity index (χ4n) is 7.72. The van der Waals surface area contributed by atoms with E-state index in [0.717, 1.165) is 41.5 Å². The number of aliphatic hydroxyl groups excluding tert-OH is 1. The van der Waals surface area contributed by atoms with Crippen LogP contribution in [0.5, 0.6) is 0 Å². The summed E-state index contributed by atoms with van der Waals surface area (Å²) >= 11 is 0. The lowest BCUT2D eigenvalue weighted by atomic mass is 9.44. The van der Waals surface area contributed by atoms with Crippen LogP contribution in [0, 0.1) is 23.2 Å². The van der Waals surface area contributed by atoms with Crippen LogP contribution in [0.15, 0.2) is 35.1 Å². The fraction of sp³-hybridized carbons (Fsp3) is 0.548. The van der Waals surface area contributed by atoms with Crippen LogP contribution in [0.4, 0.5) is 0 Å². The topological polar surface area (TPSA) is 54.4 Å². The van der Waals surface area contributed by atoms with Gasteiger partial charge in [0, 0.05) is 11.0 Å². The average molecular weight is 461 g/mol. The van der Waals surface area contributed by atoms with Crippen LogP contribution in [-0.4, -0.2) is 16.7 Å². The van der Waals surface area contributed by atoms with Crippen LogP contribution in [0.3, 0.4) is 0 Å². The summed E-state index contributed by atoms with van der Waals surface area (Å²) in [7, 11) is 0. The molecule has 0 spiro atoms. The van der Waals surface area contributed by atoms with E-state index >= 15 is 0 Å². The lowest BCUT2D eigenvalue weighted by Gasteiger charge is -2.58. The summed E-state index contributed by atoms with van der Waals surface area (Å²) in [5, 5.41) is 12.0. The number of Topliss-reactive ketones (excluding diaryl/α,β-unsaturated/α-hetero) is 2. The third kappa shape index (κ3) is 2.94. The van der Waals surface area contributed by atoms with Crippen molar-refractivity contribution >= 4 is 17.1 Å². The van der Waals surface area contributed by atoms with Crippen molar-refractivity contribution in [2.45, 2.75) is 93.9 Å². The maximum Gasteiger partial charge on any atom is 0.180 e. The quantitative estimate of drug-likeness (QED) is 0.479. The van der Waals surface area contributed by atoms with Gasteiger partial charge in [-0.05, 0) is 98.1 Å². The SMILES string of the molecule is C=C1C2=C(O)[C@@]3(C)C(=O)C(C(C)=O)=C(C)C[C@@]3(C)C[C@@]2(C)Cc2c(C(C)C)cc(CC)c(C)c21. The Morgan fingerprint density at radius 3 is 2.32 bits per heavy atom. The number of allylic oxidation sites excluding steroid dienone is 5. The van der Waals surface area contributed by atoms with Crippen LogP contribution >= 0.6 is 0 Å². The largest absolute Gasteiger partial charge is 0.511 e. The summed E-state index contributed by atoms with van der Waals surface area (Å²) in [5.74, 6) is 0.0655. The molecule has 3 aliphatic carbocycles. The molecule has 0 heterocycles. The van der Waals surface area contributed by atoms with Gasteiger partial charge in [-0.3, -0.25) is 9.59 Å². The van der Waals surface area contributed by atoms with Crippen LogP contribution in [0.2, 0.25) is 0 Å². The van der Waals surface area contributed by atoms with Crippen molar-refractivity contribution in [3.05, 3.63) is 62.9 Å². The van der Waals surface area contributed by atoms with E-state index in [1.165, 1.54) is 29.2 Å². The van der Waals surface area contributed by atoms with Gasteiger partial charge in [-0.15, -0.1) is 0 Å². The number of benzene rings is 1. The molecule has 0 bridgehead atoms. The zero-order chi connectivity index (χ0) is 25.5. The standard InChI is InChI=1S/C31H40O3/c1-11-21-12-22(16(2)3)23-14-29(8)15-30(9)13-17(4)24(20(7)32)27(33)31(30,10)28(34)26(29)19(6)25(23)18(21)5/h12,16,34H,6,11,13-15H2,1-5,7-10H3/t29-,30+,31-/m1/s1. The van der Waals surface area contributed by atoms with E-state index < -0.39 is 10.8 Å². The Bertz CT molecular complexity index is 1220. The summed E-state index contributed by atoms with van der Waals surface area (Å²) < 4.78 is 0. The van der Waals surface area contributed by atoms with Crippen molar-refractivity contribution in [3.8, 4) is 0 Å². The summed E-state index contributed by atoms with van der Waals surface area (Å²) in [4.78, 5) is 26.3.